The molecule has 1 aliphatic rings. The van der Waals surface area contributed by atoms with Crippen LogP contribution < -0.4 is 11.1 Å². The van der Waals surface area contributed by atoms with E-state index < -0.39 is 11.8 Å². The number of hydrogen-bond acceptors (Lipinski definition) is 3. The highest BCUT2D eigenvalue weighted by Gasteiger charge is 2.45. The van der Waals surface area contributed by atoms with Crippen LogP contribution in [0.5, 0.6) is 0 Å². The van der Waals surface area contributed by atoms with Gasteiger partial charge in [0.25, 0.3) is 0 Å². The first-order valence-electron chi connectivity index (χ1n) is 7.89. The Kier molecular flexibility index (Phi) is 4.64. The van der Waals surface area contributed by atoms with Crippen LogP contribution in [0.1, 0.15) is 23.7 Å². The standard InChI is InChI=1S/C18H19FN2O3/c19-13-5-3-11(4-6-13)8-12(17(20)22)10-21-18(23)15-9-14(15)16-2-1-7-24-16/h1-7,12,14-15H,8-10H2,(H2,20,22)(H,21,23)/t12-,14-,15-/m0/s1. The van der Waals surface area contributed by atoms with Crippen molar-refractivity contribution in [1.82, 2.24) is 5.32 Å². The zero-order valence-corrected chi connectivity index (χ0v) is 13.1. The molecule has 1 heterocycles. The number of carbonyl (C=O) groups is 2. The highest BCUT2D eigenvalue weighted by atomic mass is 19.1. The molecule has 3 atom stereocenters. The number of amides is 2. The Hall–Kier alpha value is -2.63. The third-order valence-corrected chi connectivity index (χ3v) is 4.36. The van der Waals surface area contributed by atoms with Crippen LogP contribution in [0.15, 0.2) is 47.1 Å². The second kappa shape index (κ2) is 6.86. The fourth-order valence-electron chi connectivity index (χ4n) is 2.83. The van der Waals surface area contributed by atoms with Gasteiger partial charge in [0.2, 0.25) is 11.8 Å². The van der Waals surface area contributed by atoms with Crippen molar-refractivity contribution in [3.8, 4) is 0 Å². The number of nitrogens with one attached hydrogen (secondary N) is 1. The third-order valence-electron chi connectivity index (χ3n) is 4.36. The number of nitrogens with two attached hydrogens (primary N) is 1. The Morgan fingerprint density at radius 3 is 2.67 bits per heavy atom. The van der Waals surface area contributed by atoms with Gasteiger partial charge in [0.05, 0.1) is 12.2 Å². The number of carbonyl (C=O) groups excluding carboxylic acids is 2. The van der Waals surface area contributed by atoms with E-state index in [9.17, 15) is 14.0 Å². The van der Waals surface area contributed by atoms with E-state index in [-0.39, 0.29) is 30.1 Å². The van der Waals surface area contributed by atoms with E-state index in [1.165, 1.54) is 12.1 Å². The smallest absolute Gasteiger partial charge is 0.223 e. The van der Waals surface area contributed by atoms with Crippen molar-refractivity contribution in [2.45, 2.75) is 18.8 Å². The fourth-order valence-corrected chi connectivity index (χ4v) is 2.83. The van der Waals surface area contributed by atoms with Crippen molar-refractivity contribution in [2.75, 3.05) is 6.54 Å². The van der Waals surface area contributed by atoms with Crippen LogP contribution in [0, 0.1) is 17.7 Å². The second-order valence-corrected chi connectivity index (χ2v) is 6.14. The fraction of sp³-hybridized carbons (Fsp3) is 0.333. The van der Waals surface area contributed by atoms with E-state index in [4.69, 9.17) is 10.2 Å². The molecule has 2 aromatic rings. The first-order chi connectivity index (χ1) is 11.5. The summed E-state index contributed by atoms with van der Waals surface area (Å²) in [6, 6.07) is 9.56. The van der Waals surface area contributed by atoms with Crippen molar-refractivity contribution in [3.05, 3.63) is 59.8 Å². The lowest BCUT2D eigenvalue weighted by molar-refractivity contribution is -0.124. The summed E-state index contributed by atoms with van der Waals surface area (Å²) in [6.45, 7) is 0.174. The Labute approximate surface area is 139 Å². The third kappa shape index (κ3) is 3.82. The molecule has 1 aromatic carbocycles. The average molecular weight is 330 g/mol. The first-order valence-corrected chi connectivity index (χ1v) is 7.89. The maximum atomic E-state index is 12.9. The van der Waals surface area contributed by atoms with Gasteiger partial charge < -0.3 is 15.5 Å². The summed E-state index contributed by atoms with van der Waals surface area (Å²) >= 11 is 0. The lowest BCUT2D eigenvalue weighted by Gasteiger charge is -2.14. The molecule has 0 unspecified atom stereocenters. The SMILES string of the molecule is NC(=O)[C@H](CNC(=O)[C@H]1C[C@@H]1c1ccco1)Cc1ccc(F)cc1. The van der Waals surface area contributed by atoms with Gasteiger partial charge in [-0.25, -0.2) is 4.39 Å². The van der Waals surface area contributed by atoms with E-state index in [0.717, 1.165) is 17.7 Å². The minimum Gasteiger partial charge on any atom is -0.469 e. The highest BCUT2D eigenvalue weighted by Crippen LogP contribution is 2.47. The summed E-state index contributed by atoms with van der Waals surface area (Å²) in [4.78, 5) is 23.8. The lowest BCUT2D eigenvalue weighted by atomic mass is 9.98. The Morgan fingerprint density at radius 1 is 1.29 bits per heavy atom. The van der Waals surface area contributed by atoms with Crippen molar-refractivity contribution in [3.63, 3.8) is 0 Å². The molecule has 1 saturated carbocycles. The van der Waals surface area contributed by atoms with Crippen molar-refractivity contribution >= 4 is 11.8 Å². The van der Waals surface area contributed by atoms with Gasteiger partial charge >= 0.3 is 0 Å². The molecule has 6 heteroatoms. The molecule has 0 spiro atoms. The molecule has 0 radical (unpaired) electrons. The van der Waals surface area contributed by atoms with E-state index in [1.807, 2.05) is 6.07 Å². The monoisotopic (exact) mass is 330 g/mol. The molecule has 5 nitrogen and oxygen atoms in total. The molecule has 3 N–H and O–H groups in total. The number of primary amides is 1. The molecule has 0 saturated heterocycles. The van der Waals surface area contributed by atoms with Gasteiger partial charge in [-0.1, -0.05) is 12.1 Å². The quantitative estimate of drug-likeness (QED) is 0.814. The van der Waals surface area contributed by atoms with Gasteiger partial charge in [-0.15, -0.1) is 0 Å². The zero-order chi connectivity index (χ0) is 17.1. The van der Waals surface area contributed by atoms with E-state index in [0.29, 0.717) is 6.42 Å². The van der Waals surface area contributed by atoms with Crippen LogP contribution in [-0.4, -0.2) is 18.4 Å². The lowest BCUT2D eigenvalue weighted by Crippen LogP contribution is -2.38. The molecular formula is C18H19FN2O3. The summed E-state index contributed by atoms with van der Waals surface area (Å²) < 4.78 is 18.2. The zero-order valence-electron chi connectivity index (χ0n) is 13.1. The van der Waals surface area contributed by atoms with Crippen LogP contribution >= 0.6 is 0 Å². The predicted octanol–water partition coefficient (Wildman–Crippen LogP) is 1.98. The summed E-state index contributed by atoms with van der Waals surface area (Å²) in [5.41, 5.74) is 6.22. The molecule has 24 heavy (non-hydrogen) atoms. The number of halogens is 1. The maximum Gasteiger partial charge on any atom is 0.223 e. The molecular weight excluding hydrogens is 311 g/mol. The van der Waals surface area contributed by atoms with Gasteiger partial charge in [0.1, 0.15) is 11.6 Å². The summed E-state index contributed by atoms with van der Waals surface area (Å²) in [5, 5.41) is 2.79. The molecule has 2 amide bonds. The second-order valence-electron chi connectivity index (χ2n) is 6.14. The summed E-state index contributed by atoms with van der Waals surface area (Å²) in [6.07, 6.45) is 2.70. The van der Waals surface area contributed by atoms with Crippen LogP contribution in [0.25, 0.3) is 0 Å². The van der Waals surface area contributed by atoms with Gasteiger partial charge in [-0.2, -0.15) is 0 Å². The Balaban J connectivity index is 1.52. The minimum absolute atomic E-state index is 0.0956. The van der Waals surface area contributed by atoms with Gasteiger partial charge in [0, 0.05) is 18.4 Å². The average Bonchev–Trinajstić information content (AvgIpc) is 3.18. The number of rotatable bonds is 7. The van der Waals surface area contributed by atoms with Crippen molar-refractivity contribution in [2.24, 2.45) is 17.6 Å². The predicted molar refractivity (Wildman–Crippen MR) is 85.4 cm³/mol. The van der Waals surface area contributed by atoms with Crippen molar-refractivity contribution < 1.29 is 18.4 Å². The van der Waals surface area contributed by atoms with Crippen molar-refractivity contribution in [1.29, 1.82) is 0 Å². The maximum absolute atomic E-state index is 12.9. The summed E-state index contributed by atoms with van der Waals surface area (Å²) in [7, 11) is 0. The highest BCUT2D eigenvalue weighted by molar-refractivity contribution is 5.84. The molecule has 1 aromatic heterocycles. The van der Waals surface area contributed by atoms with E-state index in [1.54, 1.807) is 24.5 Å². The largest absolute Gasteiger partial charge is 0.469 e. The molecule has 3 rings (SSSR count). The van der Waals surface area contributed by atoms with Crippen LogP contribution in [0.4, 0.5) is 4.39 Å². The Bertz CT molecular complexity index is 712. The van der Waals surface area contributed by atoms with Crippen LogP contribution in [0.3, 0.4) is 0 Å². The molecule has 1 fully saturated rings. The first kappa shape index (κ1) is 16.2. The van der Waals surface area contributed by atoms with E-state index >= 15 is 0 Å². The topological polar surface area (TPSA) is 85.3 Å². The number of benzene rings is 1. The minimum atomic E-state index is -0.528. The molecule has 126 valence electrons. The van der Waals surface area contributed by atoms with Gasteiger partial charge in [0.15, 0.2) is 0 Å². The normalized spacial score (nSPS) is 20.4. The van der Waals surface area contributed by atoms with E-state index in [2.05, 4.69) is 5.32 Å². The Morgan fingerprint density at radius 2 is 2.04 bits per heavy atom. The number of furan rings is 1. The van der Waals surface area contributed by atoms with Crippen LogP contribution in [-0.2, 0) is 16.0 Å². The molecule has 0 aliphatic heterocycles. The molecule has 0 bridgehead atoms. The van der Waals surface area contributed by atoms with Crippen LogP contribution in [0.2, 0.25) is 0 Å². The number of hydrogen-bond donors (Lipinski definition) is 2. The molecule has 1 aliphatic carbocycles. The summed E-state index contributed by atoms with van der Waals surface area (Å²) in [5.74, 6) is -0.632. The van der Waals surface area contributed by atoms with Gasteiger partial charge in [-0.05, 0) is 42.7 Å². The van der Waals surface area contributed by atoms with Gasteiger partial charge in [-0.3, -0.25) is 9.59 Å².